The zero-order valence-electron chi connectivity index (χ0n) is 12.1. The van der Waals surface area contributed by atoms with E-state index in [1.54, 1.807) is 38.2 Å². The van der Waals surface area contributed by atoms with Gasteiger partial charge >= 0.3 is 12.0 Å². The molecule has 6 heteroatoms. The van der Waals surface area contributed by atoms with Crippen molar-refractivity contribution in [1.82, 2.24) is 4.90 Å². The molecule has 0 saturated heterocycles. The van der Waals surface area contributed by atoms with Gasteiger partial charge in [-0.1, -0.05) is 12.1 Å². The molecule has 1 unspecified atom stereocenters. The zero-order valence-corrected chi connectivity index (χ0v) is 12.1. The Hall–Kier alpha value is -2.34. The number of carboxylic acid groups (broad SMARTS) is 1. The maximum absolute atomic E-state index is 11.9. The Morgan fingerprint density at radius 2 is 2.14 bits per heavy atom. The first-order valence-corrected chi connectivity index (χ1v) is 6.59. The number of carbonyl (C=O) groups is 2. The van der Waals surface area contributed by atoms with Gasteiger partial charge in [0, 0.05) is 25.4 Å². The Morgan fingerprint density at radius 1 is 1.43 bits per heavy atom. The maximum atomic E-state index is 11.9. The molecular formula is C15H20N2O4. The highest BCUT2D eigenvalue weighted by Gasteiger charge is 2.09. The van der Waals surface area contributed by atoms with E-state index in [2.05, 4.69) is 5.32 Å². The van der Waals surface area contributed by atoms with E-state index in [4.69, 9.17) is 5.11 Å². The fourth-order valence-corrected chi connectivity index (χ4v) is 1.59. The lowest BCUT2D eigenvalue weighted by atomic mass is 10.2. The average molecular weight is 292 g/mol. The number of urea groups is 1. The van der Waals surface area contributed by atoms with Crippen LogP contribution in [0.5, 0.6) is 0 Å². The lowest BCUT2D eigenvalue weighted by Crippen LogP contribution is -2.33. The van der Waals surface area contributed by atoms with Crippen molar-refractivity contribution in [3.63, 3.8) is 0 Å². The Morgan fingerprint density at radius 3 is 2.76 bits per heavy atom. The van der Waals surface area contributed by atoms with Crippen molar-refractivity contribution in [2.75, 3.05) is 18.9 Å². The molecule has 1 rings (SSSR count). The number of hydrogen-bond donors (Lipinski definition) is 3. The predicted molar refractivity (Wildman–Crippen MR) is 81.1 cm³/mol. The monoisotopic (exact) mass is 292 g/mol. The van der Waals surface area contributed by atoms with Gasteiger partial charge in [-0.25, -0.2) is 9.59 Å². The van der Waals surface area contributed by atoms with Crippen LogP contribution in [0.2, 0.25) is 0 Å². The van der Waals surface area contributed by atoms with E-state index in [1.165, 1.54) is 11.0 Å². The van der Waals surface area contributed by atoms with Crippen molar-refractivity contribution in [2.45, 2.75) is 19.4 Å². The topological polar surface area (TPSA) is 89.9 Å². The molecule has 0 aliphatic heterocycles. The van der Waals surface area contributed by atoms with Gasteiger partial charge in [0.2, 0.25) is 0 Å². The van der Waals surface area contributed by atoms with Crippen LogP contribution in [0.4, 0.5) is 10.5 Å². The third kappa shape index (κ3) is 6.58. The molecule has 0 aliphatic carbocycles. The highest BCUT2D eigenvalue weighted by atomic mass is 16.4. The minimum atomic E-state index is -1.03. The first-order valence-electron chi connectivity index (χ1n) is 6.59. The summed E-state index contributed by atoms with van der Waals surface area (Å²) in [6.45, 7) is 2.12. The molecule has 0 aromatic heterocycles. The largest absolute Gasteiger partial charge is 0.478 e. The number of rotatable bonds is 6. The molecule has 0 bridgehead atoms. The van der Waals surface area contributed by atoms with E-state index in [0.717, 1.165) is 6.08 Å². The number of carbonyl (C=O) groups excluding carboxylic acids is 1. The second-order valence-corrected chi connectivity index (χ2v) is 4.79. The van der Waals surface area contributed by atoms with Crippen molar-refractivity contribution in [2.24, 2.45) is 0 Å². The highest BCUT2D eigenvalue weighted by Crippen LogP contribution is 2.12. The number of benzene rings is 1. The molecule has 1 atom stereocenters. The van der Waals surface area contributed by atoms with Crippen LogP contribution < -0.4 is 5.32 Å². The van der Waals surface area contributed by atoms with Crippen LogP contribution in [0.3, 0.4) is 0 Å². The maximum Gasteiger partial charge on any atom is 0.328 e. The Balaban J connectivity index is 2.63. The van der Waals surface area contributed by atoms with E-state index in [9.17, 15) is 14.7 Å². The fourth-order valence-electron chi connectivity index (χ4n) is 1.59. The van der Waals surface area contributed by atoms with Gasteiger partial charge in [0.25, 0.3) is 0 Å². The summed E-state index contributed by atoms with van der Waals surface area (Å²) in [6, 6.07) is 6.59. The molecule has 0 radical (unpaired) electrons. The van der Waals surface area contributed by atoms with Crippen LogP contribution in [0.25, 0.3) is 6.08 Å². The molecule has 21 heavy (non-hydrogen) atoms. The second-order valence-electron chi connectivity index (χ2n) is 4.79. The third-order valence-corrected chi connectivity index (χ3v) is 2.79. The summed E-state index contributed by atoms with van der Waals surface area (Å²) < 4.78 is 0. The summed E-state index contributed by atoms with van der Waals surface area (Å²) in [5.74, 6) is -1.03. The minimum Gasteiger partial charge on any atom is -0.478 e. The lowest BCUT2D eigenvalue weighted by molar-refractivity contribution is -0.131. The van der Waals surface area contributed by atoms with Crippen molar-refractivity contribution in [1.29, 1.82) is 0 Å². The van der Waals surface area contributed by atoms with Crippen molar-refractivity contribution < 1.29 is 19.8 Å². The summed E-state index contributed by atoms with van der Waals surface area (Å²) in [5, 5.41) is 20.5. The molecular weight excluding hydrogens is 272 g/mol. The quantitative estimate of drug-likeness (QED) is 0.700. The predicted octanol–water partition coefficient (Wildman–Crippen LogP) is 2.02. The third-order valence-electron chi connectivity index (χ3n) is 2.79. The van der Waals surface area contributed by atoms with Crippen LogP contribution in [-0.4, -0.2) is 46.8 Å². The van der Waals surface area contributed by atoms with Crippen molar-refractivity contribution >= 4 is 23.8 Å². The van der Waals surface area contributed by atoms with E-state index in [-0.39, 0.29) is 6.03 Å². The van der Waals surface area contributed by atoms with Crippen LogP contribution in [0, 0.1) is 0 Å². The Kier molecular flexibility index (Phi) is 6.42. The van der Waals surface area contributed by atoms with Gasteiger partial charge < -0.3 is 20.4 Å². The van der Waals surface area contributed by atoms with E-state index >= 15 is 0 Å². The number of nitrogens with one attached hydrogen (secondary N) is 1. The molecule has 0 aliphatic rings. The smallest absolute Gasteiger partial charge is 0.328 e. The minimum absolute atomic E-state index is 0.282. The van der Waals surface area contributed by atoms with Gasteiger partial charge in [-0.3, -0.25) is 0 Å². The van der Waals surface area contributed by atoms with E-state index in [0.29, 0.717) is 24.2 Å². The molecule has 1 aromatic carbocycles. The number of amides is 2. The van der Waals surface area contributed by atoms with Gasteiger partial charge in [-0.05, 0) is 37.1 Å². The SMILES string of the molecule is CC(O)CCN(C)C(=O)Nc1cccc(/C=C/C(=O)O)c1. The number of aliphatic hydroxyl groups excluding tert-OH is 1. The molecule has 0 fully saturated rings. The molecule has 0 saturated carbocycles. The standard InChI is InChI=1S/C15H20N2O4/c1-11(18)8-9-17(2)15(21)16-13-5-3-4-12(10-13)6-7-14(19)20/h3-7,10-11,18H,8-9H2,1-2H3,(H,16,21)(H,19,20)/b7-6+. The molecule has 3 N–H and O–H groups in total. The summed E-state index contributed by atoms with van der Waals surface area (Å²) in [7, 11) is 1.64. The fraction of sp³-hybridized carbons (Fsp3) is 0.333. The number of carboxylic acids is 1. The molecule has 6 nitrogen and oxygen atoms in total. The van der Waals surface area contributed by atoms with Gasteiger partial charge in [-0.15, -0.1) is 0 Å². The molecule has 114 valence electrons. The van der Waals surface area contributed by atoms with Crippen LogP contribution in [-0.2, 0) is 4.79 Å². The van der Waals surface area contributed by atoms with Crippen LogP contribution >= 0.6 is 0 Å². The van der Waals surface area contributed by atoms with E-state index < -0.39 is 12.1 Å². The lowest BCUT2D eigenvalue weighted by Gasteiger charge is -2.18. The number of nitrogens with zero attached hydrogens (tertiary/aromatic N) is 1. The van der Waals surface area contributed by atoms with E-state index in [1.807, 2.05) is 0 Å². The number of anilines is 1. The van der Waals surface area contributed by atoms with Crippen LogP contribution in [0.1, 0.15) is 18.9 Å². The summed E-state index contributed by atoms with van der Waals surface area (Å²) >= 11 is 0. The summed E-state index contributed by atoms with van der Waals surface area (Å²) in [6.07, 6.45) is 2.54. The summed E-state index contributed by atoms with van der Waals surface area (Å²) in [5.41, 5.74) is 1.26. The Bertz CT molecular complexity index is 526. The van der Waals surface area contributed by atoms with Gasteiger partial charge in [-0.2, -0.15) is 0 Å². The van der Waals surface area contributed by atoms with Gasteiger partial charge in [0.15, 0.2) is 0 Å². The average Bonchev–Trinajstić information content (AvgIpc) is 2.42. The summed E-state index contributed by atoms with van der Waals surface area (Å²) in [4.78, 5) is 23.9. The first kappa shape index (κ1) is 16.7. The molecule has 1 aromatic rings. The number of aliphatic carboxylic acids is 1. The number of hydrogen-bond acceptors (Lipinski definition) is 3. The van der Waals surface area contributed by atoms with Gasteiger partial charge in [0.1, 0.15) is 0 Å². The number of aliphatic hydroxyl groups is 1. The normalized spacial score (nSPS) is 12.1. The van der Waals surface area contributed by atoms with Crippen LogP contribution in [0.15, 0.2) is 30.3 Å². The molecule has 0 spiro atoms. The highest BCUT2D eigenvalue weighted by molar-refractivity contribution is 5.90. The molecule has 2 amide bonds. The zero-order chi connectivity index (χ0) is 15.8. The first-order chi connectivity index (χ1) is 9.88. The molecule has 0 heterocycles. The van der Waals surface area contributed by atoms with Crippen molar-refractivity contribution in [3.05, 3.63) is 35.9 Å². The Labute approximate surface area is 123 Å². The second kappa shape index (κ2) is 8.06. The van der Waals surface area contributed by atoms with Crippen molar-refractivity contribution in [3.8, 4) is 0 Å². The van der Waals surface area contributed by atoms with Gasteiger partial charge in [0.05, 0.1) is 6.10 Å².